The lowest BCUT2D eigenvalue weighted by Gasteiger charge is -2.33. The summed E-state index contributed by atoms with van der Waals surface area (Å²) in [5.74, 6) is 1.97. The molecule has 0 saturated heterocycles. The minimum atomic E-state index is -0.435. The van der Waals surface area contributed by atoms with Crippen molar-refractivity contribution in [1.29, 1.82) is 0 Å². The van der Waals surface area contributed by atoms with E-state index in [1.54, 1.807) is 18.2 Å². The molecule has 148 valence electrons. The Kier molecular flexibility index (Phi) is 4.60. The summed E-state index contributed by atoms with van der Waals surface area (Å²) in [5, 5.41) is 9.18. The summed E-state index contributed by atoms with van der Waals surface area (Å²) >= 11 is 7.46. The highest BCUT2D eigenvalue weighted by molar-refractivity contribution is 8.00. The molecule has 0 saturated carbocycles. The van der Waals surface area contributed by atoms with Gasteiger partial charge in [0.15, 0.2) is 17.3 Å². The number of aromatic nitrogens is 3. The number of nitrogens with zero attached hydrogens (tertiary/aromatic N) is 3. The maximum Gasteiger partial charge on any atom is 0.210 e. The van der Waals surface area contributed by atoms with Crippen molar-refractivity contribution in [2.45, 2.75) is 23.4 Å². The van der Waals surface area contributed by atoms with Crippen molar-refractivity contribution >= 4 is 29.1 Å². The van der Waals surface area contributed by atoms with Crippen LogP contribution in [0, 0.1) is 6.92 Å². The van der Waals surface area contributed by atoms with Gasteiger partial charge in [-0.15, -0.1) is 10.2 Å². The number of nitrogens with one attached hydrogen (secondary N) is 1. The van der Waals surface area contributed by atoms with Crippen LogP contribution in [0.5, 0.6) is 11.5 Å². The van der Waals surface area contributed by atoms with Gasteiger partial charge in [-0.05, 0) is 42.8 Å². The highest BCUT2D eigenvalue weighted by Crippen LogP contribution is 2.40. The molecule has 5 rings (SSSR count). The first kappa shape index (κ1) is 18.3. The van der Waals surface area contributed by atoms with Gasteiger partial charge < -0.3 is 14.9 Å². The number of halogens is 1. The molecule has 3 heterocycles. The number of thioether (sulfide) groups is 1. The van der Waals surface area contributed by atoms with E-state index in [1.807, 2.05) is 35.9 Å². The summed E-state index contributed by atoms with van der Waals surface area (Å²) in [6, 6.07) is 12.5. The molecule has 9 heteroatoms. The van der Waals surface area contributed by atoms with Crippen molar-refractivity contribution in [2.24, 2.45) is 0 Å². The lowest BCUT2D eigenvalue weighted by Crippen LogP contribution is -2.39. The zero-order valence-electron chi connectivity index (χ0n) is 15.5. The molecule has 0 amide bonds. The summed E-state index contributed by atoms with van der Waals surface area (Å²) in [6.07, 6.45) is 0. The van der Waals surface area contributed by atoms with Gasteiger partial charge in [-0.1, -0.05) is 35.5 Å². The van der Waals surface area contributed by atoms with E-state index in [0.717, 1.165) is 11.4 Å². The van der Waals surface area contributed by atoms with Gasteiger partial charge in [-0.25, -0.2) is 4.68 Å². The van der Waals surface area contributed by atoms with Gasteiger partial charge in [0.05, 0.1) is 6.04 Å². The number of Topliss-reactive ketones (excluding diaryl/α,β-unsaturated/α-hetero) is 1. The fourth-order valence-corrected chi connectivity index (χ4v) is 4.77. The Labute approximate surface area is 176 Å². The molecule has 2 aliphatic heterocycles. The van der Waals surface area contributed by atoms with Gasteiger partial charge in [0, 0.05) is 10.6 Å². The van der Waals surface area contributed by atoms with Crippen LogP contribution in [0.4, 0.5) is 0 Å². The summed E-state index contributed by atoms with van der Waals surface area (Å²) in [7, 11) is 0. The summed E-state index contributed by atoms with van der Waals surface area (Å²) in [6.45, 7) is 2.85. The Morgan fingerprint density at radius 3 is 2.69 bits per heavy atom. The molecule has 29 heavy (non-hydrogen) atoms. The van der Waals surface area contributed by atoms with Gasteiger partial charge >= 0.3 is 0 Å². The molecule has 0 fully saturated rings. The second-order valence-corrected chi connectivity index (χ2v) is 8.33. The number of rotatable bonds is 3. The third kappa shape index (κ3) is 3.32. The number of ketones is 1. The Morgan fingerprint density at radius 1 is 1.14 bits per heavy atom. The van der Waals surface area contributed by atoms with E-state index in [4.69, 9.17) is 21.1 Å². The molecule has 2 aliphatic rings. The number of hydrogen-bond acceptors (Lipinski definition) is 7. The average Bonchev–Trinajstić information content (AvgIpc) is 3.12. The van der Waals surface area contributed by atoms with Crippen molar-refractivity contribution in [3.63, 3.8) is 0 Å². The standard InChI is InChI=1S/C20H17ClN4O3S/c1-11-22-23-20-25(11)24-17(12-2-5-14(21)6-3-12)19(29-20)18(26)13-4-7-15-16(10-13)28-9-8-27-15/h2-7,10,17,19,24H,8-9H2,1H3/t17-,19+/m0/s1. The third-order valence-corrected chi connectivity index (χ3v) is 6.38. The van der Waals surface area contributed by atoms with Crippen LogP contribution < -0.4 is 14.9 Å². The van der Waals surface area contributed by atoms with E-state index in [9.17, 15) is 4.79 Å². The monoisotopic (exact) mass is 428 g/mol. The zero-order valence-corrected chi connectivity index (χ0v) is 17.0. The van der Waals surface area contributed by atoms with Crippen LogP contribution in [0.1, 0.15) is 27.8 Å². The minimum absolute atomic E-state index is 0.0219. The third-order valence-electron chi connectivity index (χ3n) is 4.91. The Balaban J connectivity index is 1.53. The highest BCUT2D eigenvalue weighted by atomic mass is 35.5. The molecule has 0 unspecified atom stereocenters. The molecule has 2 atom stereocenters. The largest absolute Gasteiger partial charge is 0.486 e. The normalized spacial score (nSPS) is 19.9. The number of fused-ring (bicyclic) bond motifs is 2. The molecule has 0 radical (unpaired) electrons. The molecule has 0 bridgehead atoms. The Morgan fingerprint density at radius 2 is 1.90 bits per heavy atom. The maximum atomic E-state index is 13.5. The van der Waals surface area contributed by atoms with Crippen molar-refractivity contribution in [3.05, 3.63) is 64.4 Å². The first-order valence-electron chi connectivity index (χ1n) is 9.15. The summed E-state index contributed by atoms with van der Waals surface area (Å²) in [5.41, 5.74) is 4.92. The van der Waals surface area contributed by atoms with Crippen LogP contribution in [0.2, 0.25) is 5.02 Å². The maximum absolute atomic E-state index is 13.5. The number of carbonyl (C=O) groups is 1. The fraction of sp³-hybridized carbons (Fsp3) is 0.250. The van der Waals surface area contributed by atoms with E-state index in [2.05, 4.69) is 15.6 Å². The minimum Gasteiger partial charge on any atom is -0.486 e. The first-order valence-corrected chi connectivity index (χ1v) is 10.4. The second-order valence-electron chi connectivity index (χ2n) is 6.78. The highest BCUT2D eigenvalue weighted by Gasteiger charge is 2.38. The first-order chi connectivity index (χ1) is 14.1. The van der Waals surface area contributed by atoms with Crippen molar-refractivity contribution in [2.75, 3.05) is 18.6 Å². The Bertz CT molecular complexity index is 1090. The topological polar surface area (TPSA) is 78.3 Å². The van der Waals surface area contributed by atoms with Crippen LogP contribution in [0.25, 0.3) is 0 Å². The smallest absolute Gasteiger partial charge is 0.210 e. The van der Waals surface area contributed by atoms with Gasteiger partial charge in [0.25, 0.3) is 0 Å². The molecule has 3 aromatic rings. The van der Waals surface area contributed by atoms with Crippen LogP contribution in [0.3, 0.4) is 0 Å². The van der Waals surface area contributed by atoms with Gasteiger partial charge in [0.1, 0.15) is 24.3 Å². The molecule has 1 N–H and O–H groups in total. The van der Waals surface area contributed by atoms with Gasteiger partial charge in [-0.2, -0.15) is 0 Å². The average molecular weight is 429 g/mol. The number of benzene rings is 2. The fourth-order valence-electron chi connectivity index (χ4n) is 3.44. The van der Waals surface area contributed by atoms with Crippen molar-refractivity contribution < 1.29 is 14.3 Å². The molecule has 2 aromatic carbocycles. The van der Waals surface area contributed by atoms with Crippen LogP contribution >= 0.6 is 23.4 Å². The SMILES string of the molecule is Cc1nnc2n1N[C@@H](c1ccc(Cl)cc1)[C@H](C(=O)c1ccc3c(c1)OCCO3)S2. The van der Waals surface area contributed by atoms with E-state index in [-0.39, 0.29) is 11.8 Å². The van der Waals surface area contributed by atoms with Crippen LogP contribution in [-0.2, 0) is 0 Å². The number of carbonyl (C=O) groups excluding carboxylic acids is 1. The molecule has 1 aromatic heterocycles. The Hall–Kier alpha value is -2.71. The van der Waals surface area contributed by atoms with Gasteiger partial charge in [0.2, 0.25) is 5.16 Å². The quantitative estimate of drug-likeness (QED) is 0.638. The predicted octanol–water partition coefficient (Wildman–Crippen LogP) is 3.65. The van der Waals surface area contributed by atoms with E-state index in [0.29, 0.717) is 40.5 Å². The van der Waals surface area contributed by atoms with Crippen LogP contribution in [-0.4, -0.2) is 39.1 Å². The van der Waals surface area contributed by atoms with Crippen LogP contribution in [0.15, 0.2) is 47.6 Å². The van der Waals surface area contributed by atoms with E-state index >= 15 is 0 Å². The number of hydrogen-bond donors (Lipinski definition) is 1. The predicted molar refractivity (Wildman–Crippen MR) is 110 cm³/mol. The van der Waals surface area contributed by atoms with E-state index < -0.39 is 5.25 Å². The van der Waals surface area contributed by atoms with Crippen molar-refractivity contribution in [1.82, 2.24) is 14.9 Å². The summed E-state index contributed by atoms with van der Waals surface area (Å²) < 4.78 is 13.0. The zero-order chi connectivity index (χ0) is 20.0. The molecule has 0 spiro atoms. The van der Waals surface area contributed by atoms with E-state index in [1.165, 1.54) is 11.8 Å². The number of ether oxygens (including phenoxy) is 2. The van der Waals surface area contributed by atoms with Crippen molar-refractivity contribution in [3.8, 4) is 11.5 Å². The second kappa shape index (κ2) is 7.27. The number of aryl methyl sites for hydroxylation is 1. The molecular formula is C20H17ClN4O3S. The van der Waals surface area contributed by atoms with Gasteiger partial charge in [-0.3, -0.25) is 4.79 Å². The lowest BCUT2D eigenvalue weighted by atomic mass is 9.97. The molecular weight excluding hydrogens is 412 g/mol. The molecule has 7 nitrogen and oxygen atoms in total. The molecule has 0 aliphatic carbocycles. The summed E-state index contributed by atoms with van der Waals surface area (Å²) in [4.78, 5) is 13.5. The lowest BCUT2D eigenvalue weighted by molar-refractivity contribution is 0.0979.